The molecule has 0 saturated carbocycles. The third kappa shape index (κ3) is 5.64. The third-order valence-corrected chi connectivity index (χ3v) is 4.02. The zero-order valence-electron chi connectivity index (χ0n) is 12.6. The van der Waals surface area contributed by atoms with E-state index >= 15 is 0 Å². The highest BCUT2D eigenvalue weighted by atomic mass is 32.2. The van der Waals surface area contributed by atoms with Crippen molar-refractivity contribution < 1.29 is 35.3 Å². The van der Waals surface area contributed by atoms with Gasteiger partial charge in [-0.2, -0.15) is 21.6 Å². The number of halogens is 3. The molecule has 1 amide bonds. The van der Waals surface area contributed by atoms with Crippen LogP contribution < -0.4 is 0 Å². The van der Waals surface area contributed by atoms with E-state index in [1.54, 1.807) is 20.8 Å². The first-order chi connectivity index (χ1) is 9.82. The lowest BCUT2D eigenvalue weighted by molar-refractivity contribution is -0.0555. The van der Waals surface area contributed by atoms with Crippen LogP contribution in [0.25, 0.3) is 0 Å². The van der Waals surface area contributed by atoms with Crippen LogP contribution in [0.1, 0.15) is 33.6 Å². The first-order valence-corrected chi connectivity index (χ1v) is 8.16. The van der Waals surface area contributed by atoms with Crippen LogP contribution in [0.4, 0.5) is 18.0 Å². The zero-order valence-corrected chi connectivity index (χ0v) is 13.5. The summed E-state index contributed by atoms with van der Waals surface area (Å²) in [5.41, 5.74) is -6.04. The lowest BCUT2D eigenvalue weighted by Crippen LogP contribution is -2.42. The second-order valence-electron chi connectivity index (χ2n) is 6.10. The molecule has 6 nitrogen and oxygen atoms in total. The highest BCUT2D eigenvalue weighted by Gasteiger charge is 2.47. The topological polar surface area (TPSA) is 72.9 Å². The summed E-state index contributed by atoms with van der Waals surface area (Å²) in [6.45, 7) is 5.22. The normalized spacial score (nSPS) is 18.4. The molecule has 1 heterocycles. The number of hydrogen-bond acceptors (Lipinski definition) is 5. The zero-order chi connectivity index (χ0) is 17.2. The lowest BCUT2D eigenvalue weighted by Gasteiger charge is -2.33. The van der Waals surface area contributed by atoms with Crippen LogP contribution in [-0.4, -0.2) is 50.2 Å². The van der Waals surface area contributed by atoms with Crippen molar-refractivity contribution in [3.63, 3.8) is 0 Å². The highest BCUT2D eigenvalue weighted by Crippen LogP contribution is 2.27. The molecule has 10 heteroatoms. The van der Waals surface area contributed by atoms with Gasteiger partial charge in [-0.05, 0) is 39.5 Å². The fourth-order valence-corrected chi connectivity index (χ4v) is 2.37. The Morgan fingerprint density at radius 1 is 1.18 bits per heavy atom. The largest absolute Gasteiger partial charge is 0.523 e. The Balaban J connectivity index is 2.42. The van der Waals surface area contributed by atoms with Gasteiger partial charge in [0.2, 0.25) is 0 Å². The molecular formula is C12H20F3NO5S. The molecule has 0 aliphatic carbocycles. The molecule has 22 heavy (non-hydrogen) atoms. The van der Waals surface area contributed by atoms with E-state index in [1.807, 2.05) is 0 Å². The summed E-state index contributed by atoms with van der Waals surface area (Å²) in [4.78, 5) is 13.2. The number of likely N-dealkylation sites (tertiary alicyclic amines) is 1. The second kappa shape index (κ2) is 6.61. The van der Waals surface area contributed by atoms with Crippen LogP contribution in [0.5, 0.6) is 0 Å². The van der Waals surface area contributed by atoms with Crippen LogP contribution in [-0.2, 0) is 19.0 Å². The van der Waals surface area contributed by atoms with Gasteiger partial charge in [-0.25, -0.2) is 4.79 Å². The molecule has 1 saturated heterocycles. The van der Waals surface area contributed by atoms with E-state index < -0.39 is 33.9 Å². The van der Waals surface area contributed by atoms with E-state index in [0.29, 0.717) is 12.8 Å². The van der Waals surface area contributed by atoms with Crippen LogP contribution in [0.3, 0.4) is 0 Å². The highest BCUT2D eigenvalue weighted by molar-refractivity contribution is 7.87. The molecule has 0 aromatic heterocycles. The molecule has 0 aromatic rings. The number of alkyl halides is 3. The number of nitrogens with zero attached hydrogens (tertiary/aromatic N) is 1. The third-order valence-electron chi connectivity index (χ3n) is 3.01. The van der Waals surface area contributed by atoms with E-state index in [2.05, 4.69) is 4.18 Å². The van der Waals surface area contributed by atoms with Gasteiger partial charge in [-0.3, -0.25) is 4.18 Å². The van der Waals surface area contributed by atoms with Gasteiger partial charge in [0.05, 0.1) is 6.61 Å². The fourth-order valence-electron chi connectivity index (χ4n) is 1.86. The summed E-state index contributed by atoms with van der Waals surface area (Å²) in [5, 5.41) is 0. The minimum Gasteiger partial charge on any atom is -0.444 e. The quantitative estimate of drug-likeness (QED) is 0.579. The predicted molar refractivity (Wildman–Crippen MR) is 71.5 cm³/mol. The Labute approximate surface area is 127 Å². The minimum absolute atomic E-state index is 0.287. The molecule has 1 rings (SSSR count). The van der Waals surface area contributed by atoms with Gasteiger partial charge >= 0.3 is 21.7 Å². The summed E-state index contributed by atoms with van der Waals surface area (Å²) >= 11 is 0. The standard InChI is InChI=1S/C12H20F3NO5S/c1-11(2,3)21-10(17)16-6-4-9(5-7-16)8-20-22(18,19)12(13,14)15/h9H,4-8H2,1-3H3. The molecular weight excluding hydrogens is 327 g/mol. The Morgan fingerprint density at radius 3 is 2.09 bits per heavy atom. The average Bonchev–Trinajstić information content (AvgIpc) is 2.33. The summed E-state index contributed by atoms with van der Waals surface area (Å²) in [5.74, 6) is -0.351. The summed E-state index contributed by atoms with van der Waals surface area (Å²) in [6, 6.07) is 0. The molecule has 0 spiro atoms. The predicted octanol–water partition coefficient (Wildman–Crippen LogP) is 2.50. The first-order valence-electron chi connectivity index (χ1n) is 6.75. The van der Waals surface area contributed by atoms with E-state index in [-0.39, 0.29) is 19.0 Å². The molecule has 0 unspecified atom stereocenters. The number of amides is 1. The number of carbonyl (C=O) groups excluding carboxylic acids is 1. The molecule has 1 aliphatic rings. The number of ether oxygens (including phenoxy) is 1. The smallest absolute Gasteiger partial charge is 0.444 e. The van der Waals surface area contributed by atoms with Gasteiger partial charge in [0.15, 0.2) is 0 Å². The summed E-state index contributed by atoms with van der Waals surface area (Å²) in [6.07, 6.45) is 0.217. The van der Waals surface area contributed by atoms with Crippen LogP contribution in [0, 0.1) is 5.92 Å². The molecule has 0 radical (unpaired) electrons. The van der Waals surface area contributed by atoms with Crippen LogP contribution in [0.15, 0.2) is 0 Å². The van der Waals surface area contributed by atoms with Crippen LogP contribution in [0.2, 0.25) is 0 Å². The first kappa shape index (κ1) is 19.0. The van der Waals surface area contributed by atoms with Crippen molar-refractivity contribution in [2.75, 3.05) is 19.7 Å². The summed E-state index contributed by atoms with van der Waals surface area (Å²) in [7, 11) is -5.56. The van der Waals surface area contributed by atoms with E-state index in [9.17, 15) is 26.4 Å². The van der Waals surface area contributed by atoms with Gasteiger partial charge < -0.3 is 9.64 Å². The Bertz CT molecular complexity index is 490. The maximum absolute atomic E-state index is 12.1. The van der Waals surface area contributed by atoms with Crippen molar-refractivity contribution in [1.29, 1.82) is 0 Å². The monoisotopic (exact) mass is 347 g/mol. The van der Waals surface area contributed by atoms with E-state index in [4.69, 9.17) is 4.74 Å². The van der Waals surface area contributed by atoms with Crippen molar-refractivity contribution in [1.82, 2.24) is 4.90 Å². The molecule has 1 fully saturated rings. The number of carbonyl (C=O) groups is 1. The minimum atomic E-state index is -5.56. The van der Waals surface area contributed by atoms with Gasteiger partial charge in [0, 0.05) is 13.1 Å². The van der Waals surface area contributed by atoms with Crippen LogP contribution >= 0.6 is 0 Å². The van der Waals surface area contributed by atoms with Crippen molar-refractivity contribution >= 4 is 16.2 Å². The molecule has 0 N–H and O–H groups in total. The molecule has 1 aliphatic heterocycles. The van der Waals surface area contributed by atoms with E-state index in [0.717, 1.165) is 0 Å². The van der Waals surface area contributed by atoms with Gasteiger partial charge in [-0.1, -0.05) is 0 Å². The van der Waals surface area contributed by atoms with Crippen molar-refractivity contribution in [3.05, 3.63) is 0 Å². The van der Waals surface area contributed by atoms with Gasteiger partial charge in [0.25, 0.3) is 0 Å². The van der Waals surface area contributed by atoms with Crippen molar-refractivity contribution in [3.8, 4) is 0 Å². The Hall–Kier alpha value is -1.03. The maximum atomic E-state index is 12.1. The molecule has 0 atom stereocenters. The van der Waals surface area contributed by atoms with Gasteiger partial charge in [-0.15, -0.1) is 0 Å². The Morgan fingerprint density at radius 2 is 1.68 bits per heavy atom. The number of hydrogen-bond donors (Lipinski definition) is 0. The number of piperidine rings is 1. The Kier molecular flexibility index (Phi) is 5.71. The number of rotatable bonds is 3. The second-order valence-corrected chi connectivity index (χ2v) is 7.70. The van der Waals surface area contributed by atoms with E-state index in [1.165, 1.54) is 4.90 Å². The van der Waals surface area contributed by atoms with Crippen molar-refractivity contribution in [2.45, 2.75) is 44.7 Å². The molecule has 0 bridgehead atoms. The maximum Gasteiger partial charge on any atom is 0.523 e. The molecule has 0 aromatic carbocycles. The van der Waals surface area contributed by atoms with Crippen molar-refractivity contribution in [2.24, 2.45) is 5.92 Å². The fraction of sp³-hybridized carbons (Fsp3) is 0.917. The average molecular weight is 347 g/mol. The summed E-state index contributed by atoms with van der Waals surface area (Å²) < 4.78 is 67.2. The SMILES string of the molecule is CC(C)(C)OC(=O)N1CCC(COS(=O)(=O)C(F)(F)F)CC1. The molecule has 130 valence electrons. The lowest BCUT2D eigenvalue weighted by atomic mass is 9.98. The van der Waals surface area contributed by atoms with Gasteiger partial charge in [0.1, 0.15) is 5.60 Å².